The minimum absolute atomic E-state index is 0.269. The number of aromatic nitrogens is 3. The van der Waals surface area contributed by atoms with Crippen LogP contribution in [-0.4, -0.2) is 28.1 Å². The Morgan fingerprint density at radius 1 is 1.41 bits per heavy atom. The fraction of sp³-hybridized carbons (Fsp3) is 0.143. The maximum absolute atomic E-state index is 12.4. The van der Waals surface area contributed by atoms with Crippen molar-refractivity contribution in [3.63, 3.8) is 0 Å². The van der Waals surface area contributed by atoms with Crippen molar-refractivity contribution in [3.05, 3.63) is 41.2 Å². The number of hydrogen-bond acceptors (Lipinski definition) is 7. The second-order valence-corrected chi connectivity index (χ2v) is 5.24. The normalized spacial score (nSPS) is 10.5. The highest BCUT2D eigenvalue weighted by Gasteiger charge is 2.18. The molecule has 3 rings (SSSR count). The van der Waals surface area contributed by atoms with Gasteiger partial charge in [0.1, 0.15) is 10.4 Å². The van der Waals surface area contributed by atoms with E-state index >= 15 is 0 Å². The van der Waals surface area contributed by atoms with Gasteiger partial charge in [-0.1, -0.05) is 5.16 Å². The highest BCUT2D eigenvalue weighted by molar-refractivity contribution is 7.14. The molecular weight excluding hydrogens is 304 g/mol. The Labute approximate surface area is 130 Å². The molecule has 0 aliphatic rings. The van der Waals surface area contributed by atoms with Gasteiger partial charge in [-0.3, -0.25) is 4.79 Å². The average Bonchev–Trinajstić information content (AvgIpc) is 3.15. The van der Waals surface area contributed by atoms with Crippen LogP contribution in [0, 0.1) is 6.92 Å². The number of methoxy groups -OCH3 is 1. The van der Waals surface area contributed by atoms with Crippen molar-refractivity contribution in [2.75, 3.05) is 12.4 Å². The number of thiophene rings is 1. The maximum Gasteiger partial charge on any atom is 0.270 e. The minimum atomic E-state index is -0.319. The largest absolute Gasteiger partial charge is 0.480 e. The summed E-state index contributed by atoms with van der Waals surface area (Å²) in [6, 6.07) is 5.09. The van der Waals surface area contributed by atoms with Crippen LogP contribution < -0.4 is 10.1 Å². The van der Waals surface area contributed by atoms with Gasteiger partial charge in [0, 0.05) is 6.20 Å². The Bertz CT molecular complexity index is 812. The second kappa shape index (κ2) is 5.94. The zero-order valence-corrected chi connectivity index (χ0v) is 12.7. The summed E-state index contributed by atoms with van der Waals surface area (Å²) in [6.45, 7) is 1.74. The van der Waals surface area contributed by atoms with E-state index in [1.165, 1.54) is 18.4 Å². The Morgan fingerprint density at radius 3 is 3.00 bits per heavy atom. The average molecular weight is 316 g/mol. The number of rotatable bonds is 4. The van der Waals surface area contributed by atoms with Crippen molar-refractivity contribution in [1.29, 1.82) is 0 Å². The van der Waals surface area contributed by atoms with E-state index < -0.39 is 0 Å². The number of ether oxygens (including phenoxy) is 1. The van der Waals surface area contributed by atoms with E-state index in [2.05, 4.69) is 20.4 Å². The summed E-state index contributed by atoms with van der Waals surface area (Å²) < 4.78 is 10.2. The Balaban J connectivity index is 1.88. The lowest BCUT2D eigenvalue weighted by Crippen LogP contribution is -2.13. The van der Waals surface area contributed by atoms with Gasteiger partial charge in [-0.25, -0.2) is 4.98 Å². The minimum Gasteiger partial charge on any atom is -0.480 e. The van der Waals surface area contributed by atoms with Crippen LogP contribution >= 0.6 is 11.3 Å². The van der Waals surface area contributed by atoms with E-state index in [0.717, 1.165) is 0 Å². The van der Waals surface area contributed by atoms with Gasteiger partial charge in [0.25, 0.3) is 11.8 Å². The standard InChI is InChI=1S/C14H12N4O3S/c1-8-16-14(21-18-8)11-10(5-7-22-11)17-12(19)9-4-3-6-15-13(9)20-2/h3-7H,1-2H3,(H,17,19). The fourth-order valence-corrected chi connectivity index (χ4v) is 2.65. The van der Waals surface area contributed by atoms with E-state index in [0.29, 0.717) is 27.8 Å². The van der Waals surface area contributed by atoms with Gasteiger partial charge in [0.15, 0.2) is 5.82 Å². The fourth-order valence-electron chi connectivity index (χ4n) is 1.88. The summed E-state index contributed by atoms with van der Waals surface area (Å²) in [4.78, 5) is 21.3. The third-order valence-electron chi connectivity index (χ3n) is 2.84. The third kappa shape index (κ3) is 2.68. The topological polar surface area (TPSA) is 90.1 Å². The van der Waals surface area contributed by atoms with Crippen molar-refractivity contribution in [2.45, 2.75) is 6.92 Å². The number of pyridine rings is 1. The molecule has 0 unspecified atom stereocenters. The molecule has 3 aromatic rings. The number of anilines is 1. The summed E-state index contributed by atoms with van der Waals surface area (Å²) in [5.41, 5.74) is 0.952. The predicted molar refractivity (Wildman–Crippen MR) is 81.1 cm³/mol. The number of hydrogen-bond donors (Lipinski definition) is 1. The molecule has 0 aromatic carbocycles. The first-order valence-electron chi connectivity index (χ1n) is 6.37. The highest BCUT2D eigenvalue weighted by Crippen LogP contribution is 2.33. The monoisotopic (exact) mass is 316 g/mol. The molecule has 3 aromatic heterocycles. The smallest absolute Gasteiger partial charge is 0.270 e. The predicted octanol–water partition coefficient (Wildman–Crippen LogP) is 2.76. The van der Waals surface area contributed by atoms with E-state index in [1.54, 1.807) is 31.3 Å². The molecule has 3 heterocycles. The summed E-state index contributed by atoms with van der Waals surface area (Å²) >= 11 is 1.41. The molecule has 1 amide bonds. The van der Waals surface area contributed by atoms with Gasteiger partial charge in [-0.05, 0) is 30.5 Å². The molecule has 0 aliphatic carbocycles. The van der Waals surface area contributed by atoms with Gasteiger partial charge in [0.2, 0.25) is 5.88 Å². The number of carbonyl (C=O) groups is 1. The number of amides is 1. The Hall–Kier alpha value is -2.74. The zero-order chi connectivity index (χ0) is 15.5. The Kier molecular flexibility index (Phi) is 3.84. The van der Waals surface area contributed by atoms with Crippen molar-refractivity contribution in [2.24, 2.45) is 0 Å². The summed E-state index contributed by atoms with van der Waals surface area (Å²) in [5.74, 6) is 0.863. The molecule has 0 atom stereocenters. The van der Waals surface area contributed by atoms with Crippen molar-refractivity contribution >= 4 is 22.9 Å². The van der Waals surface area contributed by atoms with Gasteiger partial charge in [-0.2, -0.15) is 4.98 Å². The lowest BCUT2D eigenvalue weighted by Gasteiger charge is -2.07. The lowest BCUT2D eigenvalue weighted by molar-refractivity contribution is 0.102. The molecule has 0 saturated heterocycles. The molecule has 112 valence electrons. The molecule has 0 radical (unpaired) electrons. The first-order valence-corrected chi connectivity index (χ1v) is 7.25. The quantitative estimate of drug-likeness (QED) is 0.796. The van der Waals surface area contributed by atoms with Crippen molar-refractivity contribution in [3.8, 4) is 16.6 Å². The molecule has 22 heavy (non-hydrogen) atoms. The number of nitrogens with one attached hydrogen (secondary N) is 1. The van der Waals surface area contributed by atoms with E-state index in [1.807, 2.05) is 5.38 Å². The second-order valence-electron chi connectivity index (χ2n) is 4.32. The van der Waals surface area contributed by atoms with Gasteiger partial charge >= 0.3 is 0 Å². The molecule has 0 fully saturated rings. The van der Waals surface area contributed by atoms with Crippen LogP contribution in [0.3, 0.4) is 0 Å². The SMILES string of the molecule is COc1ncccc1C(=O)Nc1ccsc1-c1nc(C)no1. The molecule has 7 nitrogen and oxygen atoms in total. The molecule has 0 saturated carbocycles. The number of nitrogens with zero attached hydrogens (tertiary/aromatic N) is 3. The number of carbonyl (C=O) groups excluding carboxylic acids is 1. The maximum atomic E-state index is 12.4. The van der Waals surface area contributed by atoms with Crippen molar-refractivity contribution < 1.29 is 14.1 Å². The Morgan fingerprint density at radius 2 is 2.27 bits per heavy atom. The van der Waals surface area contributed by atoms with Gasteiger partial charge in [-0.15, -0.1) is 11.3 Å². The van der Waals surface area contributed by atoms with Crippen molar-refractivity contribution in [1.82, 2.24) is 15.1 Å². The zero-order valence-electron chi connectivity index (χ0n) is 11.9. The molecule has 0 aliphatic heterocycles. The third-order valence-corrected chi connectivity index (χ3v) is 3.75. The molecule has 0 spiro atoms. The highest BCUT2D eigenvalue weighted by atomic mass is 32.1. The van der Waals surface area contributed by atoms with E-state index in [4.69, 9.17) is 9.26 Å². The lowest BCUT2D eigenvalue weighted by atomic mass is 10.2. The summed E-state index contributed by atoms with van der Waals surface area (Å²) in [6.07, 6.45) is 1.56. The van der Waals surface area contributed by atoms with E-state index in [-0.39, 0.29) is 11.8 Å². The van der Waals surface area contributed by atoms with E-state index in [9.17, 15) is 4.79 Å². The first-order chi connectivity index (χ1) is 10.7. The number of aryl methyl sites for hydroxylation is 1. The van der Waals surface area contributed by atoms with Crippen LogP contribution in [0.4, 0.5) is 5.69 Å². The molecule has 1 N–H and O–H groups in total. The van der Waals surface area contributed by atoms with Crippen LogP contribution in [-0.2, 0) is 0 Å². The van der Waals surface area contributed by atoms with Crippen LogP contribution in [0.5, 0.6) is 5.88 Å². The van der Waals surface area contributed by atoms with Gasteiger partial charge in [0.05, 0.1) is 12.8 Å². The summed E-state index contributed by atoms with van der Waals surface area (Å²) in [5, 5.41) is 8.41. The molecular formula is C14H12N4O3S. The molecule has 0 bridgehead atoms. The van der Waals surface area contributed by atoms with Crippen LogP contribution in [0.25, 0.3) is 10.8 Å². The van der Waals surface area contributed by atoms with Crippen LogP contribution in [0.2, 0.25) is 0 Å². The van der Waals surface area contributed by atoms with Crippen LogP contribution in [0.15, 0.2) is 34.3 Å². The first kappa shape index (κ1) is 14.2. The van der Waals surface area contributed by atoms with Gasteiger partial charge < -0.3 is 14.6 Å². The summed E-state index contributed by atoms with van der Waals surface area (Å²) in [7, 11) is 1.47. The molecule has 8 heteroatoms. The van der Waals surface area contributed by atoms with Crippen LogP contribution in [0.1, 0.15) is 16.2 Å².